The van der Waals surface area contributed by atoms with Crippen LogP contribution in [0, 0.1) is 23.2 Å². The first-order chi connectivity index (χ1) is 15.0. The van der Waals surface area contributed by atoms with E-state index in [1.807, 2.05) is 0 Å². The molecular weight excluding hydrogens is 398 g/mol. The van der Waals surface area contributed by atoms with E-state index in [9.17, 15) is 0 Å². The van der Waals surface area contributed by atoms with Crippen molar-refractivity contribution in [2.24, 2.45) is 28.2 Å². The summed E-state index contributed by atoms with van der Waals surface area (Å²) in [5, 5.41) is 0. The van der Waals surface area contributed by atoms with Crippen molar-refractivity contribution in [3.05, 3.63) is 30.3 Å². The smallest absolute Gasteiger partial charge is 0.127 e. The normalized spacial score (nSPS) is 40.8. The maximum atomic E-state index is 6.21. The molecule has 31 heavy (non-hydrogen) atoms. The van der Waals surface area contributed by atoms with E-state index in [1.54, 1.807) is 0 Å². The summed E-state index contributed by atoms with van der Waals surface area (Å²) >= 11 is 6.21. The molecule has 2 heterocycles. The molecule has 3 nitrogen and oxygen atoms in total. The van der Waals surface area contributed by atoms with E-state index >= 15 is 0 Å². The molecule has 0 spiro atoms. The lowest BCUT2D eigenvalue weighted by Gasteiger charge is -2.55. The minimum atomic E-state index is -0.0797. The second kappa shape index (κ2) is 7.38. The van der Waals surface area contributed by atoms with Gasteiger partial charge < -0.3 is 0 Å². The van der Waals surface area contributed by atoms with Crippen LogP contribution >= 0.6 is 12.2 Å². The molecule has 7 rings (SSSR count). The number of amidine groups is 1. The standard InChI is InChI=1S/C27H37N3S/c1-26(2)23(29-11-7-4-8-12-29)24(30(25(26)31)22-9-5-3-6-10-22)28-27-16-19-13-20(17-27)15-21(14-19)18-27/h3,5-6,9-10,19-21,23H,4,7-8,11-18H2,1-2H3/t19?,20?,21?,23-,27?/m0/s1. The summed E-state index contributed by atoms with van der Waals surface area (Å²) in [6, 6.07) is 11.1. The van der Waals surface area contributed by atoms with Gasteiger partial charge in [0, 0.05) is 11.1 Å². The number of rotatable bonds is 3. The van der Waals surface area contributed by atoms with E-state index in [2.05, 4.69) is 54.0 Å². The van der Waals surface area contributed by atoms with E-state index in [-0.39, 0.29) is 11.0 Å². The number of piperidine rings is 1. The van der Waals surface area contributed by atoms with Crippen molar-refractivity contribution < 1.29 is 0 Å². The number of hydrogen-bond donors (Lipinski definition) is 0. The average Bonchev–Trinajstić information content (AvgIpc) is 2.93. The van der Waals surface area contributed by atoms with Crippen molar-refractivity contribution in [3.8, 4) is 0 Å². The number of likely N-dealkylation sites (tertiary alicyclic amines) is 1. The second-order valence-electron chi connectivity index (χ2n) is 11.8. The van der Waals surface area contributed by atoms with Gasteiger partial charge in [0.2, 0.25) is 0 Å². The Morgan fingerprint density at radius 3 is 2.03 bits per heavy atom. The van der Waals surface area contributed by atoms with Gasteiger partial charge in [-0.3, -0.25) is 14.8 Å². The Hall–Kier alpha value is -1.26. The van der Waals surface area contributed by atoms with E-state index in [1.165, 1.54) is 82.4 Å². The summed E-state index contributed by atoms with van der Waals surface area (Å²) in [5.41, 5.74) is 1.29. The molecule has 4 aliphatic carbocycles. The molecule has 4 heteroatoms. The predicted molar refractivity (Wildman–Crippen MR) is 133 cm³/mol. The Kier molecular flexibility index (Phi) is 4.85. The molecule has 0 aromatic heterocycles. The van der Waals surface area contributed by atoms with Crippen LogP contribution in [0.5, 0.6) is 0 Å². The van der Waals surface area contributed by atoms with Crippen LogP contribution in [-0.2, 0) is 0 Å². The highest BCUT2D eigenvalue weighted by Crippen LogP contribution is 2.58. The summed E-state index contributed by atoms with van der Waals surface area (Å²) < 4.78 is 0. The van der Waals surface area contributed by atoms with Gasteiger partial charge in [0.15, 0.2) is 0 Å². The average molecular weight is 436 g/mol. The Bertz CT molecular complexity index is 848. The monoisotopic (exact) mass is 435 g/mol. The molecule has 6 fully saturated rings. The fourth-order valence-electron chi connectivity index (χ4n) is 8.13. The van der Waals surface area contributed by atoms with E-state index < -0.39 is 0 Å². The molecule has 4 saturated carbocycles. The molecule has 6 aliphatic rings. The van der Waals surface area contributed by atoms with Gasteiger partial charge in [-0.25, -0.2) is 0 Å². The van der Waals surface area contributed by atoms with Crippen molar-refractivity contribution in [1.29, 1.82) is 0 Å². The van der Waals surface area contributed by atoms with Crippen molar-refractivity contribution in [2.45, 2.75) is 83.2 Å². The number of para-hydroxylation sites is 1. The van der Waals surface area contributed by atoms with Crippen LogP contribution < -0.4 is 4.90 Å². The number of anilines is 1. The number of aliphatic imine (C=N–C) groups is 1. The van der Waals surface area contributed by atoms with Crippen LogP contribution in [0.4, 0.5) is 5.69 Å². The molecule has 0 N–H and O–H groups in total. The van der Waals surface area contributed by atoms with E-state index in [0.29, 0.717) is 6.04 Å². The Morgan fingerprint density at radius 2 is 1.45 bits per heavy atom. The van der Waals surface area contributed by atoms with Gasteiger partial charge in [0.05, 0.1) is 16.6 Å². The van der Waals surface area contributed by atoms with Crippen molar-refractivity contribution in [1.82, 2.24) is 4.90 Å². The van der Waals surface area contributed by atoms with Crippen LogP contribution in [0.3, 0.4) is 0 Å². The van der Waals surface area contributed by atoms with Crippen molar-refractivity contribution in [3.63, 3.8) is 0 Å². The summed E-state index contributed by atoms with van der Waals surface area (Å²) in [5.74, 6) is 4.01. The molecule has 166 valence electrons. The Morgan fingerprint density at radius 1 is 0.871 bits per heavy atom. The highest BCUT2D eigenvalue weighted by molar-refractivity contribution is 7.80. The molecule has 0 amide bonds. The Labute approximate surface area is 193 Å². The SMILES string of the molecule is CC1(C)C(=S)N(c2ccccc2)C(=NC23CC4CC(CC(C4)C2)C3)[C@@H]1N1CCCCC1. The maximum absolute atomic E-state index is 6.21. The highest BCUT2D eigenvalue weighted by Gasteiger charge is 2.56. The topological polar surface area (TPSA) is 18.8 Å². The fraction of sp³-hybridized carbons (Fsp3) is 0.704. The fourth-order valence-corrected chi connectivity index (χ4v) is 8.44. The van der Waals surface area contributed by atoms with Gasteiger partial charge in [0.1, 0.15) is 5.84 Å². The van der Waals surface area contributed by atoms with Crippen LogP contribution in [0.15, 0.2) is 35.3 Å². The summed E-state index contributed by atoms with van der Waals surface area (Å²) in [6.45, 7) is 7.10. The first-order valence-corrected chi connectivity index (χ1v) is 13.1. The van der Waals surface area contributed by atoms with E-state index in [4.69, 9.17) is 17.2 Å². The molecule has 0 unspecified atom stereocenters. The predicted octanol–water partition coefficient (Wildman–Crippen LogP) is 6.08. The zero-order valence-corrected chi connectivity index (χ0v) is 20.0. The molecular formula is C27H37N3S. The third-order valence-electron chi connectivity index (χ3n) is 9.04. The third-order valence-corrected chi connectivity index (χ3v) is 9.75. The van der Waals surface area contributed by atoms with Gasteiger partial charge in [-0.1, -0.05) is 50.7 Å². The highest BCUT2D eigenvalue weighted by atomic mass is 32.1. The van der Waals surface area contributed by atoms with Gasteiger partial charge in [0.25, 0.3) is 0 Å². The lowest BCUT2D eigenvalue weighted by Crippen LogP contribution is -2.53. The molecule has 2 aliphatic heterocycles. The van der Waals surface area contributed by atoms with Crippen LogP contribution in [-0.4, -0.2) is 40.4 Å². The number of thiocarbonyl (C=S) groups is 1. The Balaban J connectivity index is 1.47. The number of benzene rings is 1. The number of hydrogen-bond acceptors (Lipinski definition) is 3. The van der Waals surface area contributed by atoms with Crippen LogP contribution in [0.1, 0.15) is 71.6 Å². The van der Waals surface area contributed by atoms with Gasteiger partial charge in [-0.2, -0.15) is 0 Å². The minimum Gasteiger partial charge on any atom is -0.293 e. The van der Waals surface area contributed by atoms with Gasteiger partial charge in [-0.15, -0.1) is 0 Å². The lowest BCUT2D eigenvalue weighted by molar-refractivity contribution is 0.00114. The first kappa shape index (κ1) is 20.4. The molecule has 4 bridgehead atoms. The van der Waals surface area contributed by atoms with Gasteiger partial charge >= 0.3 is 0 Å². The van der Waals surface area contributed by atoms with E-state index in [0.717, 1.165) is 22.7 Å². The molecule has 1 atom stereocenters. The molecule has 1 aromatic rings. The zero-order valence-electron chi connectivity index (χ0n) is 19.2. The summed E-state index contributed by atoms with van der Waals surface area (Å²) in [7, 11) is 0. The summed E-state index contributed by atoms with van der Waals surface area (Å²) in [6.07, 6.45) is 12.3. The largest absolute Gasteiger partial charge is 0.293 e. The molecule has 1 aromatic carbocycles. The van der Waals surface area contributed by atoms with Gasteiger partial charge in [-0.05, 0) is 94.3 Å². The second-order valence-corrected chi connectivity index (χ2v) is 12.2. The lowest BCUT2D eigenvalue weighted by atomic mass is 9.53. The third kappa shape index (κ3) is 3.31. The van der Waals surface area contributed by atoms with Crippen molar-refractivity contribution >= 4 is 28.7 Å². The maximum Gasteiger partial charge on any atom is 0.127 e. The van der Waals surface area contributed by atoms with Crippen molar-refractivity contribution in [2.75, 3.05) is 18.0 Å². The summed E-state index contributed by atoms with van der Waals surface area (Å²) in [4.78, 5) is 12.0. The zero-order chi connectivity index (χ0) is 21.2. The number of nitrogens with zero attached hydrogens (tertiary/aromatic N) is 3. The molecule has 0 radical (unpaired) electrons. The first-order valence-electron chi connectivity index (χ1n) is 12.7. The van der Waals surface area contributed by atoms with Crippen LogP contribution in [0.25, 0.3) is 0 Å². The van der Waals surface area contributed by atoms with Crippen LogP contribution in [0.2, 0.25) is 0 Å². The molecule has 2 saturated heterocycles. The minimum absolute atomic E-state index is 0.0797. The quantitative estimate of drug-likeness (QED) is 0.536.